The Kier molecular flexibility index (Phi) is 4.77. The highest BCUT2D eigenvalue weighted by molar-refractivity contribution is 8.18. The first-order valence-corrected chi connectivity index (χ1v) is 9.19. The summed E-state index contributed by atoms with van der Waals surface area (Å²) in [6.07, 6.45) is 1.29. The fraction of sp³-hybridized carbons (Fsp3) is 0.105. The van der Waals surface area contributed by atoms with Crippen molar-refractivity contribution in [3.8, 4) is 23.0 Å². The Bertz CT molecular complexity index is 1070. The van der Waals surface area contributed by atoms with Gasteiger partial charge in [-0.25, -0.2) is 0 Å². The van der Waals surface area contributed by atoms with Crippen LogP contribution in [0.5, 0.6) is 23.0 Å². The van der Waals surface area contributed by atoms with Crippen molar-refractivity contribution in [2.75, 3.05) is 18.7 Å². The van der Waals surface area contributed by atoms with Gasteiger partial charge >= 0.3 is 0 Å². The lowest BCUT2D eigenvalue weighted by Crippen LogP contribution is -2.36. The highest BCUT2D eigenvalue weighted by atomic mass is 32.2. The van der Waals surface area contributed by atoms with Gasteiger partial charge in [-0.2, -0.15) is 0 Å². The molecule has 9 nitrogen and oxygen atoms in total. The molecule has 0 aliphatic carbocycles. The van der Waals surface area contributed by atoms with Gasteiger partial charge in [0, 0.05) is 17.3 Å². The van der Waals surface area contributed by atoms with Crippen LogP contribution in [0.2, 0.25) is 0 Å². The lowest BCUT2D eigenvalue weighted by molar-refractivity contribution is -0.127. The number of amides is 3. The molecule has 1 fully saturated rings. The number of rotatable bonds is 4. The number of anilines is 1. The smallest absolute Gasteiger partial charge is 0.294 e. The molecule has 10 heteroatoms. The number of hydrogen-bond acceptors (Lipinski definition) is 8. The highest BCUT2D eigenvalue weighted by Gasteiger charge is 2.36. The second-order valence-electron chi connectivity index (χ2n) is 6.13. The lowest BCUT2D eigenvalue weighted by Gasteiger charge is -2.12. The molecule has 1 saturated heterocycles. The molecule has 3 amide bonds. The number of carbonyl (C=O) groups is 3. The summed E-state index contributed by atoms with van der Waals surface area (Å²) in [4.78, 5) is 37.8. The number of imide groups is 1. The molecule has 0 unspecified atom stereocenters. The van der Waals surface area contributed by atoms with E-state index in [4.69, 9.17) is 9.47 Å². The van der Waals surface area contributed by atoms with E-state index in [0.29, 0.717) is 28.9 Å². The Labute approximate surface area is 168 Å². The summed E-state index contributed by atoms with van der Waals surface area (Å²) in [5, 5.41) is 21.3. The maximum absolute atomic E-state index is 12.5. The fourth-order valence-corrected chi connectivity index (χ4v) is 3.58. The van der Waals surface area contributed by atoms with E-state index in [1.165, 1.54) is 24.3 Å². The van der Waals surface area contributed by atoms with Crippen LogP contribution in [0.25, 0.3) is 6.08 Å². The van der Waals surface area contributed by atoms with Crippen LogP contribution in [0.15, 0.2) is 41.3 Å². The third-order valence-electron chi connectivity index (χ3n) is 4.13. The van der Waals surface area contributed by atoms with E-state index in [1.807, 2.05) is 0 Å². The number of thioether (sulfide) groups is 1. The number of benzene rings is 2. The summed E-state index contributed by atoms with van der Waals surface area (Å²) >= 11 is 0.645. The summed E-state index contributed by atoms with van der Waals surface area (Å²) in [5.41, 5.74) is 0.617. The molecule has 3 N–H and O–H groups in total. The van der Waals surface area contributed by atoms with Gasteiger partial charge < -0.3 is 25.0 Å². The maximum Gasteiger partial charge on any atom is 0.294 e. The van der Waals surface area contributed by atoms with Crippen LogP contribution >= 0.6 is 11.8 Å². The quantitative estimate of drug-likeness (QED) is 0.515. The molecule has 0 aromatic heterocycles. The number of nitrogens with zero attached hydrogens (tertiary/aromatic N) is 1. The summed E-state index contributed by atoms with van der Waals surface area (Å²) in [6.45, 7) is -0.368. The van der Waals surface area contributed by atoms with Crippen molar-refractivity contribution in [1.82, 2.24) is 4.90 Å². The molecule has 29 heavy (non-hydrogen) atoms. The molecule has 0 bridgehead atoms. The molecular weight excluding hydrogens is 400 g/mol. The number of ether oxygens (including phenoxy) is 2. The van der Waals surface area contributed by atoms with Crippen LogP contribution < -0.4 is 14.8 Å². The minimum Gasteiger partial charge on any atom is -0.508 e. The maximum atomic E-state index is 12.5. The molecule has 148 valence electrons. The van der Waals surface area contributed by atoms with Crippen molar-refractivity contribution in [3.05, 3.63) is 46.9 Å². The second-order valence-corrected chi connectivity index (χ2v) is 7.12. The van der Waals surface area contributed by atoms with Crippen molar-refractivity contribution in [2.45, 2.75) is 0 Å². The number of carbonyl (C=O) groups excluding carboxylic acids is 3. The van der Waals surface area contributed by atoms with Crippen LogP contribution in [0.3, 0.4) is 0 Å². The minimum absolute atomic E-state index is 0.0341. The Morgan fingerprint density at radius 2 is 1.93 bits per heavy atom. The van der Waals surface area contributed by atoms with Crippen molar-refractivity contribution in [3.63, 3.8) is 0 Å². The molecule has 0 radical (unpaired) electrons. The first kappa shape index (κ1) is 18.7. The Balaban J connectivity index is 1.45. The SMILES string of the molecule is O=C(CN1C(=O)S/C(=C/c2cc(O)ccc2O)C1=O)Nc1ccc2c(c1)OCO2. The summed E-state index contributed by atoms with van der Waals surface area (Å²) in [7, 11) is 0. The number of nitrogens with one attached hydrogen (secondary N) is 1. The number of phenolic OH excluding ortho intramolecular Hbond substituents is 2. The molecule has 0 saturated carbocycles. The van der Waals surface area contributed by atoms with Crippen molar-refractivity contribution in [1.29, 1.82) is 0 Å². The van der Waals surface area contributed by atoms with Crippen LogP contribution in [0, 0.1) is 0 Å². The lowest BCUT2D eigenvalue weighted by atomic mass is 10.1. The van der Waals surface area contributed by atoms with Crippen molar-refractivity contribution >= 4 is 40.6 Å². The summed E-state index contributed by atoms with van der Waals surface area (Å²) in [6, 6.07) is 8.66. The van der Waals surface area contributed by atoms with Crippen molar-refractivity contribution < 1.29 is 34.1 Å². The standard InChI is InChI=1S/C19H14N2O7S/c22-12-2-3-13(23)10(5-12)6-16-18(25)21(19(26)29-16)8-17(24)20-11-1-4-14-15(7-11)28-9-27-14/h1-7,22-23H,8-9H2,(H,20,24)/b16-6+. The minimum atomic E-state index is -0.663. The molecule has 2 aromatic rings. The zero-order valence-electron chi connectivity index (χ0n) is 14.7. The second kappa shape index (κ2) is 7.40. The first-order chi connectivity index (χ1) is 13.9. The molecule has 0 spiro atoms. The van der Waals surface area contributed by atoms with Gasteiger partial charge in [0.15, 0.2) is 11.5 Å². The molecular formula is C19H14N2O7S. The largest absolute Gasteiger partial charge is 0.508 e. The third-order valence-corrected chi connectivity index (χ3v) is 5.04. The number of hydrogen-bond donors (Lipinski definition) is 3. The first-order valence-electron chi connectivity index (χ1n) is 8.37. The highest BCUT2D eigenvalue weighted by Crippen LogP contribution is 2.36. The third kappa shape index (κ3) is 3.83. The van der Waals surface area contributed by atoms with Crippen LogP contribution in [-0.2, 0) is 9.59 Å². The van der Waals surface area contributed by atoms with Gasteiger partial charge in [-0.05, 0) is 48.2 Å². The van der Waals surface area contributed by atoms with Crippen molar-refractivity contribution in [2.24, 2.45) is 0 Å². The Morgan fingerprint density at radius 1 is 1.14 bits per heavy atom. The Hall–Kier alpha value is -3.66. The van der Waals surface area contributed by atoms with Gasteiger partial charge in [0.1, 0.15) is 18.0 Å². The topological polar surface area (TPSA) is 125 Å². The molecule has 4 rings (SSSR count). The zero-order valence-corrected chi connectivity index (χ0v) is 15.6. The van der Waals surface area contributed by atoms with Gasteiger partial charge in [0.05, 0.1) is 4.91 Å². The molecule has 2 heterocycles. The monoisotopic (exact) mass is 414 g/mol. The van der Waals surface area contributed by atoms with E-state index in [0.717, 1.165) is 4.90 Å². The summed E-state index contributed by atoms with van der Waals surface area (Å²) in [5.74, 6) is -0.431. The van der Waals surface area contributed by atoms with Gasteiger partial charge in [0.25, 0.3) is 11.1 Å². The zero-order chi connectivity index (χ0) is 20.5. The van der Waals surface area contributed by atoms with E-state index >= 15 is 0 Å². The molecule has 2 aliphatic heterocycles. The molecule has 0 atom stereocenters. The van der Waals surface area contributed by atoms with Gasteiger partial charge in [-0.15, -0.1) is 0 Å². The number of phenols is 2. The number of fused-ring (bicyclic) bond motifs is 1. The number of aromatic hydroxyl groups is 2. The van der Waals surface area contributed by atoms with Gasteiger partial charge in [-0.3, -0.25) is 19.3 Å². The van der Waals surface area contributed by atoms with E-state index in [2.05, 4.69) is 5.32 Å². The summed E-state index contributed by atoms with van der Waals surface area (Å²) < 4.78 is 10.4. The van der Waals surface area contributed by atoms with Crippen LogP contribution in [-0.4, -0.2) is 45.5 Å². The molecule has 2 aromatic carbocycles. The normalized spacial score (nSPS) is 16.6. The Morgan fingerprint density at radius 3 is 2.76 bits per heavy atom. The van der Waals surface area contributed by atoms with Gasteiger partial charge in [0.2, 0.25) is 12.7 Å². The average molecular weight is 414 g/mol. The van der Waals surface area contributed by atoms with E-state index in [1.54, 1.807) is 18.2 Å². The predicted octanol–water partition coefficient (Wildman–Crippen LogP) is 2.50. The fourth-order valence-electron chi connectivity index (χ4n) is 2.75. The predicted molar refractivity (Wildman–Crippen MR) is 104 cm³/mol. The molecule has 2 aliphatic rings. The van der Waals surface area contributed by atoms with E-state index < -0.39 is 23.6 Å². The van der Waals surface area contributed by atoms with Crippen LogP contribution in [0.4, 0.5) is 10.5 Å². The van der Waals surface area contributed by atoms with E-state index in [-0.39, 0.29) is 28.8 Å². The van der Waals surface area contributed by atoms with Gasteiger partial charge in [-0.1, -0.05) is 0 Å². The average Bonchev–Trinajstić information content (AvgIpc) is 3.24. The van der Waals surface area contributed by atoms with Crippen LogP contribution in [0.1, 0.15) is 5.56 Å². The van der Waals surface area contributed by atoms with E-state index in [9.17, 15) is 24.6 Å².